The van der Waals surface area contributed by atoms with Crippen molar-refractivity contribution in [3.8, 4) is 0 Å². The zero-order valence-corrected chi connectivity index (χ0v) is 12.9. The van der Waals surface area contributed by atoms with Crippen LogP contribution in [-0.4, -0.2) is 46.1 Å². The average Bonchev–Trinajstić information content (AvgIpc) is 2.95. The fourth-order valence-electron chi connectivity index (χ4n) is 2.42. The lowest BCUT2D eigenvalue weighted by Crippen LogP contribution is -2.24. The van der Waals surface area contributed by atoms with Gasteiger partial charge in [-0.15, -0.1) is 0 Å². The van der Waals surface area contributed by atoms with Gasteiger partial charge in [0.15, 0.2) is 10.4 Å². The highest BCUT2D eigenvalue weighted by Gasteiger charge is 2.27. The van der Waals surface area contributed by atoms with Crippen molar-refractivity contribution in [2.24, 2.45) is 7.05 Å². The minimum atomic E-state index is 0.233. The molecule has 0 unspecified atom stereocenters. The topological polar surface area (TPSA) is 56.1 Å². The molecule has 0 N–H and O–H groups in total. The number of hydrogen-bond donors (Lipinski definition) is 0. The van der Waals surface area contributed by atoms with Crippen molar-refractivity contribution in [3.05, 3.63) is 9.89 Å². The average molecular weight is 347 g/mol. The maximum Gasteiger partial charge on any atom is 0.225 e. The molecule has 1 aliphatic rings. The summed E-state index contributed by atoms with van der Waals surface area (Å²) in [6, 6.07) is 0. The molecule has 0 saturated carbocycles. The Morgan fingerprint density at radius 2 is 2.21 bits per heavy atom. The van der Waals surface area contributed by atoms with Gasteiger partial charge < -0.3 is 9.64 Å². The zero-order chi connectivity index (χ0) is 13.6. The first-order chi connectivity index (χ1) is 9.10. The molecule has 0 bridgehead atoms. The van der Waals surface area contributed by atoms with E-state index in [0.717, 1.165) is 36.4 Å². The minimum absolute atomic E-state index is 0.233. The second-order valence-corrected chi connectivity index (χ2v) is 5.61. The van der Waals surface area contributed by atoms with E-state index in [1.807, 2.05) is 7.05 Å². The van der Waals surface area contributed by atoms with Crippen LogP contribution in [0.5, 0.6) is 0 Å². The lowest BCUT2D eigenvalue weighted by Gasteiger charge is -2.18. The van der Waals surface area contributed by atoms with Gasteiger partial charge in [-0.25, -0.2) is 4.98 Å². The number of anilines is 1. The Morgan fingerprint density at radius 3 is 2.89 bits per heavy atom. The molecule has 3 heterocycles. The minimum Gasteiger partial charge on any atom is -0.380 e. The van der Waals surface area contributed by atoms with Crippen LogP contribution in [0, 0.1) is 0 Å². The summed E-state index contributed by atoms with van der Waals surface area (Å²) in [6.07, 6.45) is 1.22. The van der Waals surface area contributed by atoms with Crippen molar-refractivity contribution in [3.63, 3.8) is 0 Å². The van der Waals surface area contributed by atoms with Crippen molar-refractivity contribution in [1.29, 1.82) is 0 Å². The Balaban J connectivity index is 2.12. The Morgan fingerprint density at radius 1 is 1.42 bits per heavy atom. The third-order valence-electron chi connectivity index (χ3n) is 3.37. The monoisotopic (exact) mass is 345 g/mol. The van der Waals surface area contributed by atoms with Crippen molar-refractivity contribution < 1.29 is 4.74 Å². The van der Waals surface area contributed by atoms with E-state index in [1.54, 1.807) is 11.8 Å². The van der Waals surface area contributed by atoms with E-state index < -0.39 is 0 Å². The van der Waals surface area contributed by atoms with Gasteiger partial charge in [0.1, 0.15) is 11.0 Å². The van der Waals surface area contributed by atoms with E-state index in [0.29, 0.717) is 4.60 Å². The molecule has 19 heavy (non-hydrogen) atoms. The highest BCUT2D eigenvalue weighted by atomic mass is 79.9. The molecule has 0 spiro atoms. The van der Waals surface area contributed by atoms with Crippen LogP contribution in [0.25, 0.3) is 11.0 Å². The number of aryl methyl sites for hydroxylation is 1. The number of fused-ring (bicyclic) bond motifs is 1. The highest BCUT2D eigenvalue weighted by molar-refractivity contribution is 9.10. The fourth-order valence-corrected chi connectivity index (χ4v) is 3.10. The van der Waals surface area contributed by atoms with Crippen LogP contribution in [0.4, 0.5) is 5.82 Å². The van der Waals surface area contributed by atoms with E-state index >= 15 is 0 Å². The lowest BCUT2D eigenvalue weighted by atomic mass is 10.3. The summed E-state index contributed by atoms with van der Waals surface area (Å²) >= 11 is 9.41. The molecule has 2 aromatic rings. The Kier molecular flexibility index (Phi) is 3.36. The summed E-state index contributed by atoms with van der Waals surface area (Å²) in [7, 11) is 3.61. The van der Waals surface area contributed by atoms with Crippen molar-refractivity contribution in [2.45, 2.75) is 12.5 Å². The summed E-state index contributed by atoms with van der Waals surface area (Å²) in [5, 5.41) is 4.55. The van der Waals surface area contributed by atoms with Crippen LogP contribution < -0.4 is 4.90 Å². The first-order valence-corrected chi connectivity index (χ1v) is 7.10. The van der Waals surface area contributed by atoms with E-state index in [4.69, 9.17) is 16.3 Å². The second-order valence-electron chi connectivity index (χ2n) is 4.52. The molecule has 1 aliphatic heterocycles. The summed E-state index contributed by atoms with van der Waals surface area (Å²) in [5.74, 6) is 0.815. The molecule has 0 amide bonds. The van der Waals surface area contributed by atoms with Gasteiger partial charge in [0, 0.05) is 27.2 Å². The zero-order valence-electron chi connectivity index (χ0n) is 10.6. The molecule has 0 aromatic carbocycles. The Labute approximate surface area is 123 Å². The molecule has 3 rings (SSSR count). The first-order valence-electron chi connectivity index (χ1n) is 5.93. The largest absolute Gasteiger partial charge is 0.380 e. The molecule has 6 nitrogen and oxygen atoms in total. The van der Waals surface area contributed by atoms with Gasteiger partial charge in [-0.3, -0.25) is 4.68 Å². The van der Waals surface area contributed by atoms with Gasteiger partial charge in [0.25, 0.3) is 0 Å². The molecule has 1 fully saturated rings. The summed E-state index contributed by atoms with van der Waals surface area (Å²) in [6.45, 7) is 1.70. The lowest BCUT2D eigenvalue weighted by molar-refractivity contribution is 0.121. The maximum atomic E-state index is 6.02. The smallest absolute Gasteiger partial charge is 0.225 e. The molecular weight excluding hydrogens is 334 g/mol. The van der Waals surface area contributed by atoms with Crippen LogP contribution in [0.15, 0.2) is 4.60 Å². The molecular formula is C11H13BrClN5O. The Bertz CT molecular complexity index is 631. The van der Waals surface area contributed by atoms with Gasteiger partial charge in [-0.2, -0.15) is 10.1 Å². The molecule has 1 atom stereocenters. The van der Waals surface area contributed by atoms with Crippen LogP contribution in [0.3, 0.4) is 0 Å². The molecule has 102 valence electrons. The van der Waals surface area contributed by atoms with E-state index in [-0.39, 0.29) is 11.4 Å². The van der Waals surface area contributed by atoms with Gasteiger partial charge in [-0.05, 0) is 34.0 Å². The molecule has 0 aliphatic carbocycles. The molecule has 0 radical (unpaired) electrons. The molecule has 1 saturated heterocycles. The predicted molar refractivity (Wildman–Crippen MR) is 76.6 cm³/mol. The number of halogens is 2. The highest BCUT2D eigenvalue weighted by Crippen LogP contribution is 2.31. The number of rotatable bonds is 2. The number of nitrogens with zero attached hydrogens (tertiary/aromatic N) is 5. The van der Waals surface area contributed by atoms with Crippen LogP contribution in [0.1, 0.15) is 6.42 Å². The van der Waals surface area contributed by atoms with Crippen molar-refractivity contribution in [2.75, 3.05) is 25.1 Å². The van der Waals surface area contributed by atoms with Crippen molar-refractivity contribution in [1.82, 2.24) is 19.7 Å². The summed E-state index contributed by atoms with van der Waals surface area (Å²) < 4.78 is 7.84. The van der Waals surface area contributed by atoms with Gasteiger partial charge >= 0.3 is 0 Å². The maximum absolute atomic E-state index is 6.02. The first kappa shape index (κ1) is 13.1. The number of hydrogen-bond acceptors (Lipinski definition) is 5. The van der Waals surface area contributed by atoms with E-state index in [2.05, 4.69) is 35.9 Å². The second kappa shape index (κ2) is 4.88. The SMILES string of the molecule is CO[C@H]1CCN(c2nc(Cl)nc3c(Br)nn(C)c23)C1. The van der Waals surface area contributed by atoms with Gasteiger partial charge in [0.2, 0.25) is 5.28 Å². The van der Waals surface area contributed by atoms with E-state index in [1.165, 1.54) is 0 Å². The fraction of sp³-hybridized carbons (Fsp3) is 0.545. The van der Waals surface area contributed by atoms with E-state index in [9.17, 15) is 0 Å². The molecule has 8 heteroatoms. The van der Waals surface area contributed by atoms with Crippen molar-refractivity contribution >= 4 is 44.4 Å². The Hall–Kier alpha value is -0.920. The van der Waals surface area contributed by atoms with Crippen LogP contribution in [-0.2, 0) is 11.8 Å². The number of aromatic nitrogens is 4. The van der Waals surface area contributed by atoms with Gasteiger partial charge in [0.05, 0.1) is 6.10 Å². The summed E-state index contributed by atoms with van der Waals surface area (Å²) in [4.78, 5) is 10.8. The van der Waals surface area contributed by atoms with Gasteiger partial charge in [-0.1, -0.05) is 0 Å². The normalized spacial score (nSPS) is 19.6. The molecule has 2 aromatic heterocycles. The number of methoxy groups -OCH3 is 1. The number of ether oxygens (including phenoxy) is 1. The standard InChI is InChI=1S/C11H13BrClN5O/c1-17-8-7(9(12)16-17)14-11(13)15-10(8)18-4-3-6(5-18)19-2/h6H,3-5H2,1-2H3/t6-/m0/s1. The summed E-state index contributed by atoms with van der Waals surface area (Å²) in [5.41, 5.74) is 1.62. The third-order valence-corrected chi connectivity index (χ3v) is 4.08. The third kappa shape index (κ3) is 2.19. The van der Waals surface area contributed by atoms with Crippen LogP contribution >= 0.6 is 27.5 Å². The predicted octanol–water partition coefficient (Wildman–Crippen LogP) is 2.00. The quantitative estimate of drug-likeness (QED) is 0.779. The van der Waals surface area contributed by atoms with Crippen LogP contribution in [0.2, 0.25) is 5.28 Å².